The lowest BCUT2D eigenvalue weighted by Crippen LogP contribution is -2.07. The van der Waals surface area contributed by atoms with Crippen molar-refractivity contribution in [1.29, 1.82) is 0 Å². The first kappa shape index (κ1) is 15.9. The number of hydrogen-bond acceptors (Lipinski definition) is 2. The molecule has 2 heteroatoms. The fraction of sp³-hybridized carbons (Fsp3) is 0.0909. The molecule has 0 aliphatic rings. The molecular formula is C22H18O2. The standard InChI is InChI=1S/C22H18O2/c23-21(14-17-8-3-1-4-9-17)19-12-7-13-20(16-19)22(24)15-18-10-5-2-6-11-18/h1-13,16H,14-15H2. The Hall–Kier alpha value is -3.00. The van der Waals surface area contributed by atoms with E-state index in [-0.39, 0.29) is 11.6 Å². The second-order valence-corrected chi connectivity index (χ2v) is 5.75. The van der Waals surface area contributed by atoms with Crippen molar-refractivity contribution in [3.63, 3.8) is 0 Å². The molecule has 0 aromatic heterocycles. The molecule has 0 aliphatic heterocycles. The Bertz CT molecular complexity index is 767. The largest absolute Gasteiger partial charge is 0.294 e. The molecule has 0 radical (unpaired) electrons. The van der Waals surface area contributed by atoms with Crippen LogP contribution in [0.4, 0.5) is 0 Å². The van der Waals surface area contributed by atoms with Crippen LogP contribution < -0.4 is 0 Å². The van der Waals surface area contributed by atoms with Gasteiger partial charge in [0.15, 0.2) is 11.6 Å². The van der Waals surface area contributed by atoms with Crippen molar-refractivity contribution in [2.24, 2.45) is 0 Å². The lowest BCUT2D eigenvalue weighted by atomic mass is 9.98. The van der Waals surface area contributed by atoms with Crippen LogP contribution in [0.15, 0.2) is 84.9 Å². The third-order valence-electron chi connectivity index (χ3n) is 3.92. The van der Waals surface area contributed by atoms with Crippen molar-refractivity contribution in [2.45, 2.75) is 12.8 Å². The summed E-state index contributed by atoms with van der Waals surface area (Å²) in [5, 5.41) is 0. The van der Waals surface area contributed by atoms with Crippen molar-refractivity contribution < 1.29 is 9.59 Å². The normalized spacial score (nSPS) is 10.3. The molecule has 3 aromatic carbocycles. The van der Waals surface area contributed by atoms with Gasteiger partial charge in [-0.2, -0.15) is 0 Å². The van der Waals surface area contributed by atoms with E-state index in [0.29, 0.717) is 24.0 Å². The van der Waals surface area contributed by atoms with Crippen molar-refractivity contribution in [3.8, 4) is 0 Å². The van der Waals surface area contributed by atoms with Gasteiger partial charge in [0.25, 0.3) is 0 Å². The van der Waals surface area contributed by atoms with Gasteiger partial charge in [-0.3, -0.25) is 9.59 Å². The summed E-state index contributed by atoms with van der Waals surface area (Å²) in [5.74, 6) is 0.0473. The van der Waals surface area contributed by atoms with Crippen LogP contribution in [0.2, 0.25) is 0 Å². The highest BCUT2D eigenvalue weighted by molar-refractivity contribution is 6.02. The van der Waals surface area contributed by atoms with Crippen LogP contribution in [0.1, 0.15) is 31.8 Å². The van der Waals surface area contributed by atoms with E-state index in [1.165, 1.54) is 0 Å². The van der Waals surface area contributed by atoms with Gasteiger partial charge in [-0.1, -0.05) is 78.9 Å². The SMILES string of the molecule is O=C(Cc1ccccc1)c1cccc(C(=O)Cc2ccccc2)c1. The molecular weight excluding hydrogens is 296 g/mol. The van der Waals surface area contributed by atoms with Crippen molar-refractivity contribution >= 4 is 11.6 Å². The third kappa shape index (κ3) is 4.05. The van der Waals surface area contributed by atoms with Gasteiger partial charge in [0, 0.05) is 24.0 Å². The number of benzene rings is 3. The minimum absolute atomic E-state index is 0.0237. The van der Waals surface area contributed by atoms with Gasteiger partial charge in [0.05, 0.1) is 0 Å². The van der Waals surface area contributed by atoms with E-state index in [2.05, 4.69) is 0 Å². The Balaban J connectivity index is 1.74. The predicted octanol–water partition coefficient (Wildman–Crippen LogP) is 4.54. The minimum Gasteiger partial charge on any atom is -0.294 e. The van der Waals surface area contributed by atoms with Gasteiger partial charge in [0.1, 0.15) is 0 Å². The Morgan fingerprint density at radius 1 is 0.542 bits per heavy atom. The van der Waals surface area contributed by atoms with E-state index in [1.54, 1.807) is 24.3 Å². The number of ketones is 2. The molecule has 3 aromatic rings. The maximum Gasteiger partial charge on any atom is 0.167 e. The summed E-state index contributed by atoms with van der Waals surface area (Å²) < 4.78 is 0. The molecule has 0 bridgehead atoms. The summed E-state index contributed by atoms with van der Waals surface area (Å²) in [4.78, 5) is 24.9. The van der Waals surface area contributed by atoms with Crippen LogP contribution in [-0.2, 0) is 12.8 Å². The summed E-state index contributed by atoms with van der Waals surface area (Å²) in [7, 11) is 0. The van der Waals surface area contributed by atoms with Crippen molar-refractivity contribution in [1.82, 2.24) is 0 Å². The van der Waals surface area contributed by atoms with E-state index in [9.17, 15) is 9.59 Å². The van der Waals surface area contributed by atoms with Crippen LogP contribution in [0, 0.1) is 0 Å². The fourth-order valence-electron chi connectivity index (χ4n) is 2.63. The maximum atomic E-state index is 12.4. The Kier molecular flexibility index (Phi) is 4.97. The van der Waals surface area contributed by atoms with Gasteiger partial charge >= 0.3 is 0 Å². The van der Waals surface area contributed by atoms with Crippen molar-refractivity contribution in [3.05, 3.63) is 107 Å². The molecule has 0 atom stereocenters. The number of carbonyl (C=O) groups is 2. The predicted molar refractivity (Wildman–Crippen MR) is 95.4 cm³/mol. The summed E-state index contributed by atoms with van der Waals surface area (Å²) in [6.07, 6.45) is 0.689. The molecule has 0 unspecified atom stereocenters. The van der Waals surface area contributed by atoms with E-state index >= 15 is 0 Å². The number of Topliss-reactive ketones (excluding diaryl/α,β-unsaturated/α-hetero) is 2. The van der Waals surface area contributed by atoms with E-state index in [0.717, 1.165) is 11.1 Å². The average Bonchev–Trinajstić information content (AvgIpc) is 2.63. The molecule has 0 aliphatic carbocycles. The summed E-state index contributed by atoms with van der Waals surface area (Å²) in [6, 6.07) is 26.3. The van der Waals surface area contributed by atoms with Crippen LogP contribution >= 0.6 is 0 Å². The third-order valence-corrected chi connectivity index (χ3v) is 3.92. The maximum absolute atomic E-state index is 12.4. The zero-order valence-corrected chi connectivity index (χ0v) is 13.3. The number of hydrogen-bond donors (Lipinski definition) is 0. The molecule has 2 nitrogen and oxygen atoms in total. The van der Waals surface area contributed by atoms with E-state index in [1.807, 2.05) is 60.7 Å². The van der Waals surface area contributed by atoms with Crippen LogP contribution in [0.25, 0.3) is 0 Å². The lowest BCUT2D eigenvalue weighted by Gasteiger charge is -2.05. The highest BCUT2D eigenvalue weighted by Gasteiger charge is 2.11. The Labute approximate surface area is 141 Å². The average molecular weight is 314 g/mol. The second kappa shape index (κ2) is 7.51. The first-order valence-electron chi connectivity index (χ1n) is 7.97. The van der Waals surface area contributed by atoms with E-state index in [4.69, 9.17) is 0 Å². The highest BCUT2D eigenvalue weighted by Crippen LogP contribution is 2.13. The van der Waals surface area contributed by atoms with Gasteiger partial charge in [-0.05, 0) is 17.2 Å². The smallest absolute Gasteiger partial charge is 0.167 e. The molecule has 0 saturated carbocycles. The topological polar surface area (TPSA) is 34.1 Å². The molecule has 118 valence electrons. The lowest BCUT2D eigenvalue weighted by molar-refractivity contribution is 0.0992. The Morgan fingerprint density at radius 3 is 1.38 bits per heavy atom. The van der Waals surface area contributed by atoms with Crippen LogP contribution in [-0.4, -0.2) is 11.6 Å². The summed E-state index contributed by atoms with van der Waals surface area (Å²) in [5.41, 5.74) is 3.11. The van der Waals surface area contributed by atoms with Gasteiger partial charge in [0.2, 0.25) is 0 Å². The van der Waals surface area contributed by atoms with Gasteiger partial charge in [-0.15, -0.1) is 0 Å². The molecule has 0 saturated heterocycles. The molecule has 0 spiro atoms. The van der Waals surface area contributed by atoms with Crippen molar-refractivity contribution in [2.75, 3.05) is 0 Å². The summed E-state index contributed by atoms with van der Waals surface area (Å²) >= 11 is 0. The zero-order chi connectivity index (χ0) is 16.8. The molecule has 0 heterocycles. The van der Waals surface area contributed by atoms with Crippen LogP contribution in [0.5, 0.6) is 0 Å². The van der Waals surface area contributed by atoms with Gasteiger partial charge < -0.3 is 0 Å². The molecule has 0 amide bonds. The highest BCUT2D eigenvalue weighted by atomic mass is 16.1. The zero-order valence-electron chi connectivity index (χ0n) is 13.3. The minimum atomic E-state index is 0.0237. The quantitative estimate of drug-likeness (QED) is 0.626. The molecule has 0 N–H and O–H groups in total. The van der Waals surface area contributed by atoms with Crippen LogP contribution in [0.3, 0.4) is 0 Å². The monoisotopic (exact) mass is 314 g/mol. The summed E-state index contributed by atoms with van der Waals surface area (Å²) in [6.45, 7) is 0. The molecule has 24 heavy (non-hydrogen) atoms. The second-order valence-electron chi connectivity index (χ2n) is 5.75. The van der Waals surface area contributed by atoms with E-state index < -0.39 is 0 Å². The first-order valence-corrected chi connectivity index (χ1v) is 7.97. The Morgan fingerprint density at radius 2 is 0.958 bits per heavy atom. The fourth-order valence-corrected chi connectivity index (χ4v) is 2.63. The van der Waals surface area contributed by atoms with Gasteiger partial charge in [-0.25, -0.2) is 0 Å². The number of carbonyl (C=O) groups excluding carboxylic acids is 2. The molecule has 3 rings (SSSR count). The molecule has 0 fully saturated rings. The number of rotatable bonds is 6. The first-order chi connectivity index (χ1) is 11.7.